The van der Waals surface area contributed by atoms with Gasteiger partial charge in [-0.15, -0.1) is 11.3 Å². The number of thiophene rings is 1. The second-order valence-corrected chi connectivity index (χ2v) is 10.0. The summed E-state index contributed by atoms with van der Waals surface area (Å²) in [6, 6.07) is 13.6. The van der Waals surface area contributed by atoms with E-state index in [1.807, 2.05) is 31.1 Å². The van der Waals surface area contributed by atoms with Crippen molar-refractivity contribution in [1.82, 2.24) is 10.3 Å². The highest BCUT2D eigenvalue weighted by molar-refractivity contribution is 7.94. The molecule has 8 nitrogen and oxygen atoms in total. The number of hydrogen-bond donors (Lipinski definition) is 1. The van der Waals surface area contributed by atoms with E-state index in [1.54, 1.807) is 48.0 Å². The summed E-state index contributed by atoms with van der Waals surface area (Å²) in [6.07, 6.45) is 1.70. The summed E-state index contributed by atoms with van der Waals surface area (Å²) in [5, 5.41) is 4.52. The first-order valence-electron chi connectivity index (χ1n) is 9.41. The average Bonchev–Trinajstić information content (AvgIpc) is 3.32. The molecule has 164 valence electrons. The minimum absolute atomic E-state index is 0.145. The third kappa shape index (κ3) is 5.74. The van der Waals surface area contributed by atoms with Gasteiger partial charge < -0.3 is 15.0 Å². The monoisotopic (exact) mass is 460 g/mol. The van der Waals surface area contributed by atoms with E-state index in [2.05, 4.69) is 10.3 Å². The maximum absolute atomic E-state index is 12.6. The predicted octanol–water partition coefficient (Wildman–Crippen LogP) is 2.73. The summed E-state index contributed by atoms with van der Waals surface area (Å²) in [5.74, 6) is 1.03. The van der Waals surface area contributed by atoms with Crippen LogP contribution in [0, 0.1) is 0 Å². The summed E-state index contributed by atoms with van der Waals surface area (Å²) < 4.78 is 32.2. The van der Waals surface area contributed by atoms with Gasteiger partial charge in [-0.1, -0.05) is 6.07 Å². The fraction of sp³-hybridized carbons (Fsp3) is 0.238. The first kappa shape index (κ1) is 22.6. The van der Waals surface area contributed by atoms with Gasteiger partial charge in [0.15, 0.2) is 6.61 Å². The Morgan fingerprint density at radius 1 is 1.13 bits per heavy atom. The molecule has 0 aliphatic heterocycles. The molecule has 0 aliphatic rings. The number of hydrogen-bond acceptors (Lipinski definition) is 7. The van der Waals surface area contributed by atoms with Crippen LogP contribution < -0.4 is 19.3 Å². The minimum atomic E-state index is -3.59. The van der Waals surface area contributed by atoms with E-state index in [0.717, 1.165) is 11.4 Å². The maximum atomic E-state index is 12.6. The summed E-state index contributed by atoms with van der Waals surface area (Å²) in [6.45, 7) is 0.226. The molecule has 1 aromatic carbocycles. The Hall–Kier alpha value is -3.11. The fourth-order valence-electron chi connectivity index (χ4n) is 2.65. The van der Waals surface area contributed by atoms with Gasteiger partial charge in [0, 0.05) is 33.9 Å². The first-order chi connectivity index (χ1) is 14.8. The smallest absolute Gasteiger partial charge is 0.273 e. The molecule has 3 rings (SSSR count). The molecule has 0 aliphatic carbocycles. The van der Waals surface area contributed by atoms with Gasteiger partial charge in [-0.2, -0.15) is 0 Å². The molecule has 0 bridgehead atoms. The zero-order valence-corrected chi connectivity index (χ0v) is 19.1. The number of pyridine rings is 1. The van der Waals surface area contributed by atoms with E-state index in [-0.39, 0.29) is 16.7 Å². The molecule has 0 saturated carbocycles. The lowest BCUT2D eigenvalue weighted by molar-refractivity contribution is -0.123. The van der Waals surface area contributed by atoms with Crippen LogP contribution >= 0.6 is 11.3 Å². The van der Waals surface area contributed by atoms with Gasteiger partial charge in [0.1, 0.15) is 15.8 Å². The Balaban J connectivity index is 1.52. The van der Waals surface area contributed by atoms with Gasteiger partial charge in [0.05, 0.1) is 5.69 Å². The van der Waals surface area contributed by atoms with E-state index >= 15 is 0 Å². The van der Waals surface area contributed by atoms with E-state index in [0.29, 0.717) is 18.0 Å². The quantitative estimate of drug-likeness (QED) is 0.528. The van der Waals surface area contributed by atoms with Gasteiger partial charge in [-0.25, -0.2) is 13.4 Å². The van der Waals surface area contributed by atoms with Crippen LogP contribution in [-0.2, 0) is 21.4 Å². The number of nitrogens with zero attached hydrogens (tertiary/aromatic N) is 3. The molecule has 0 saturated heterocycles. The van der Waals surface area contributed by atoms with E-state index in [4.69, 9.17) is 4.74 Å². The summed E-state index contributed by atoms with van der Waals surface area (Å²) >= 11 is 1.17. The second kappa shape index (κ2) is 9.80. The third-order valence-electron chi connectivity index (χ3n) is 4.44. The number of nitrogens with one attached hydrogen (secondary N) is 1. The Kier molecular flexibility index (Phi) is 7.13. The molecule has 0 unspecified atom stereocenters. The van der Waals surface area contributed by atoms with Gasteiger partial charge in [-0.3, -0.25) is 9.10 Å². The molecular formula is C21H24N4O4S2. The molecule has 2 aromatic heterocycles. The van der Waals surface area contributed by atoms with Crippen molar-refractivity contribution >= 4 is 38.8 Å². The summed E-state index contributed by atoms with van der Waals surface area (Å²) in [4.78, 5) is 18.2. The largest absolute Gasteiger partial charge is 0.484 e. The molecule has 31 heavy (non-hydrogen) atoms. The lowest BCUT2D eigenvalue weighted by Gasteiger charge is -2.18. The summed E-state index contributed by atoms with van der Waals surface area (Å²) in [5.41, 5.74) is 1.44. The highest BCUT2D eigenvalue weighted by Crippen LogP contribution is 2.26. The van der Waals surface area contributed by atoms with Crippen molar-refractivity contribution in [3.05, 3.63) is 65.7 Å². The number of rotatable bonds is 9. The molecule has 0 radical (unpaired) electrons. The molecule has 0 fully saturated rings. The Labute approximate surface area is 186 Å². The van der Waals surface area contributed by atoms with Crippen LogP contribution in [0.4, 0.5) is 11.5 Å². The van der Waals surface area contributed by atoms with Crippen molar-refractivity contribution < 1.29 is 17.9 Å². The first-order valence-corrected chi connectivity index (χ1v) is 11.7. The SMILES string of the molecule is CN(C)c1cc(CNC(=O)COc2ccc(N(C)S(=O)(=O)c3cccs3)cc2)ccn1. The zero-order chi connectivity index (χ0) is 22.4. The highest BCUT2D eigenvalue weighted by atomic mass is 32.2. The zero-order valence-electron chi connectivity index (χ0n) is 17.5. The van der Waals surface area contributed by atoms with Crippen LogP contribution in [0.15, 0.2) is 64.3 Å². The topological polar surface area (TPSA) is 91.8 Å². The lowest BCUT2D eigenvalue weighted by atomic mass is 10.2. The summed E-state index contributed by atoms with van der Waals surface area (Å²) in [7, 11) is 1.71. The van der Waals surface area contributed by atoms with Crippen LogP contribution in [0.3, 0.4) is 0 Å². The van der Waals surface area contributed by atoms with Gasteiger partial charge in [0.25, 0.3) is 15.9 Å². The van der Waals surface area contributed by atoms with Gasteiger partial charge in [0.2, 0.25) is 0 Å². The molecule has 0 spiro atoms. The van der Waals surface area contributed by atoms with Crippen molar-refractivity contribution in [2.45, 2.75) is 10.8 Å². The van der Waals surface area contributed by atoms with Crippen molar-refractivity contribution in [2.75, 3.05) is 37.0 Å². The third-order valence-corrected chi connectivity index (χ3v) is 7.60. The molecule has 3 aromatic rings. The number of benzene rings is 1. The normalized spacial score (nSPS) is 11.1. The number of anilines is 2. The van der Waals surface area contributed by atoms with E-state index in [9.17, 15) is 13.2 Å². The number of carbonyl (C=O) groups excluding carboxylic acids is 1. The van der Waals surface area contributed by atoms with Crippen LogP contribution in [-0.4, -0.2) is 47.1 Å². The van der Waals surface area contributed by atoms with E-state index < -0.39 is 10.0 Å². The number of aromatic nitrogens is 1. The molecular weight excluding hydrogens is 436 g/mol. The number of sulfonamides is 1. The molecule has 1 N–H and O–H groups in total. The highest BCUT2D eigenvalue weighted by Gasteiger charge is 2.22. The van der Waals surface area contributed by atoms with Gasteiger partial charge >= 0.3 is 0 Å². The molecule has 10 heteroatoms. The predicted molar refractivity (Wildman–Crippen MR) is 122 cm³/mol. The molecule has 0 atom stereocenters. The molecule has 2 heterocycles. The maximum Gasteiger partial charge on any atom is 0.273 e. The Bertz CT molecular complexity index is 1110. The Morgan fingerprint density at radius 2 is 1.87 bits per heavy atom. The van der Waals surface area contributed by atoms with Gasteiger partial charge in [-0.05, 0) is 53.4 Å². The lowest BCUT2D eigenvalue weighted by Crippen LogP contribution is -2.28. The van der Waals surface area contributed by atoms with Crippen molar-refractivity contribution in [3.63, 3.8) is 0 Å². The van der Waals surface area contributed by atoms with Crippen molar-refractivity contribution in [3.8, 4) is 5.75 Å². The van der Waals surface area contributed by atoms with Crippen LogP contribution in [0.25, 0.3) is 0 Å². The number of amides is 1. The van der Waals surface area contributed by atoms with Crippen molar-refractivity contribution in [2.24, 2.45) is 0 Å². The van der Waals surface area contributed by atoms with Crippen LogP contribution in [0.2, 0.25) is 0 Å². The number of ether oxygens (including phenoxy) is 1. The van der Waals surface area contributed by atoms with Crippen molar-refractivity contribution in [1.29, 1.82) is 0 Å². The van der Waals surface area contributed by atoms with E-state index in [1.165, 1.54) is 22.7 Å². The fourth-order valence-corrected chi connectivity index (χ4v) is 5.01. The van der Waals surface area contributed by atoms with Crippen LogP contribution in [0.5, 0.6) is 5.75 Å². The second-order valence-electron chi connectivity index (χ2n) is 6.88. The molecule has 1 amide bonds. The average molecular weight is 461 g/mol. The van der Waals surface area contributed by atoms with Crippen LogP contribution in [0.1, 0.15) is 5.56 Å². The number of carbonyl (C=O) groups is 1. The minimum Gasteiger partial charge on any atom is -0.484 e. The standard InChI is InChI=1S/C21H24N4O4S2/c1-24(2)19-13-16(10-11-22-19)14-23-20(26)15-29-18-8-6-17(7-9-18)25(3)31(27,28)21-5-4-12-30-21/h4-13H,14-15H2,1-3H3,(H,23,26). The Morgan fingerprint density at radius 3 is 2.52 bits per heavy atom.